The summed E-state index contributed by atoms with van der Waals surface area (Å²) in [6.07, 6.45) is 6.67. The average molecular weight is 412 g/mol. The van der Waals surface area contributed by atoms with E-state index in [4.69, 9.17) is 14.2 Å². The van der Waals surface area contributed by atoms with Crippen LogP contribution in [0.4, 0.5) is 4.79 Å². The Balaban J connectivity index is 1.61. The average Bonchev–Trinajstić information content (AvgIpc) is 2.71. The van der Waals surface area contributed by atoms with Gasteiger partial charge in [-0.2, -0.15) is 0 Å². The lowest BCUT2D eigenvalue weighted by Crippen LogP contribution is -2.54. The van der Waals surface area contributed by atoms with Crippen molar-refractivity contribution < 1.29 is 19.0 Å². The lowest BCUT2D eigenvalue weighted by Gasteiger charge is -2.42. The molecule has 0 aromatic carbocycles. The number of rotatable bonds is 6. The fourth-order valence-corrected chi connectivity index (χ4v) is 4.52. The van der Waals surface area contributed by atoms with Crippen LogP contribution in [-0.2, 0) is 14.2 Å². The molecular weight excluding hydrogens is 370 g/mol. The SMILES string of the molecule is CC(C)(C)OC(=O)N1CCCC(COC2CCNCC2)C1COC1CCNCC1. The van der Waals surface area contributed by atoms with E-state index in [2.05, 4.69) is 10.6 Å². The predicted molar refractivity (Wildman–Crippen MR) is 113 cm³/mol. The van der Waals surface area contributed by atoms with Gasteiger partial charge in [0.05, 0.1) is 31.5 Å². The summed E-state index contributed by atoms with van der Waals surface area (Å²) in [7, 11) is 0. The Morgan fingerprint density at radius 2 is 1.45 bits per heavy atom. The van der Waals surface area contributed by atoms with Crippen molar-refractivity contribution in [3.63, 3.8) is 0 Å². The van der Waals surface area contributed by atoms with Gasteiger partial charge in [0.25, 0.3) is 0 Å². The van der Waals surface area contributed by atoms with Crippen LogP contribution in [0.25, 0.3) is 0 Å². The van der Waals surface area contributed by atoms with Crippen molar-refractivity contribution >= 4 is 6.09 Å². The molecule has 1 amide bonds. The summed E-state index contributed by atoms with van der Waals surface area (Å²) in [4.78, 5) is 14.8. The van der Waals surface area contributed by atoms with E-state index in [0.717, 1.165) is 71.2 Å². The molecule has 0 spiro atoms. The Hall–Kier alpha value is -0.890. The Morgan fingerprint density at radius 1 is 0.897 bits per heavy atom. The van der Waals surface area contributed by atoms with E-state index in [0.29, 0.717) is 25.2 Å². The molecule has 3 aliphatic rings. The maximum atomic E-state index is 12.9. The predicted octanol–water partition coefficient (Wildman–Crippen LogP) is 2.54. The lowest BCUT2D eigenvalue weighted by molar-refractivity contribution is -0.0693. The standard InChI is InChI=1S/C22H41N3O4/c1-22(2,3)29-21(26)25-14-4-5-17(15-27-18-6-10-23-11-7-18)20(25)16-28-19-8-12-24-13-9-19/h17-20,23-24H,4-16H2,1-3H3. The van der Waals surface area contributed by atoms with Crippen molar-refractivity contribution in [2.45, 2.75) is 83.1 Å². The smallest absolute Gasteiger partial charge is 0.410 e. The molecule has 0 aromatic heterocycles. The monoisotopic (exact) mass is 411 g/mol. The van der Waals surface area contributed by atoms with E-state index in [9.17, 15) is 4.79 Å². The maximum absolute atomic E-state index is 12.9. The van der Waals surface area contributed by atoms with Crippen molar-refractivity contribution in [2.75, 3.05) is 45.9 Å². The minimum absolute atomic E-state index is 0.0233. The first-order chi connectivity index (χ1) is 13.9. The molecule has 3 heterocycles. The lowest BCUT2D eigenvalue weighted by atomic mass is 9.90. The summed E-state index contributed by atoms with van der Waals surface area (Å²) < 4.78 is 18.3. The van der Waals surface area contributed by atoms with Crippen LogP contribution in [0.5, 0.6) is 0 Å². The van der Waals surface area contributed by atoms with Gasteiger partial charge in [-0.1, -0.05) is 0 Å². The van der Waals surface area contributed by atoms with E-state index in [-0.39, 0.29) is 18.2 Å². The van der Waals surface area contributed by atoms with Crippen molar-refractivity contribution in [1.29, 1.82) is 0 Å². The molecule has 0 radical (unpaired) electrons. The Bertz CT molecular complexity index is 499. The molecule has 0 saturated carbocycles. The van der Waals surface area contributed by atoms with Gasteiger partial charge in [-0.15, -0.1) is 0 Å². The number of hydrogen-bond acceptors (Lipinski definition) is 6. The summed E-state index contributed by atoms with van der Waals surface area (Å²) in [6.45, 7) is 11.9. The molecule has 7 heteroatoms. The normalized spacial score (nSPS) is 27.8. The fourth-order valence-electron chi connectivity index (χ4n) is 4.52. The highest BCUT2D eigenvalue weighted by atomic mass is 16.6. The molecule has 2 atom stereocenters. The molecule has 2 N–H and O–H groups in total. The number of hydrogen-bond donors (Lipinski definition) is 2. The van der Waals surface area contributed by atoms with Gasteiger partial charge in [-0.25, -0.2) is 4.79 Å². The first-order valence-electron chi connectivity index (χ1n) is 11.6. The third kappa shape index (κ3) is 7.39. The zero-order valence-corrected chi connectivity index (χ0v) is 18.6. The maximum Gasteiger partial charge on any atom is 0.410 e. The zero-order valence-electron chi connectivity index (χ0n) is 18.6. The van der Waals surface area contributed by atoms with Crippen molar-refractivity contribution in [3.8, 4) is 0 Å². The molecule has 7 nitrogen and oxygen atoms in total. The van der Waals surface area contributed by atoms with Crippen molar-refractivity contribution in [3.05, 3.63) is 0 Å². The minimum atomic E-state index is -0.490. The van der Waals surface area contributed by atoms with Crippen molar-refractivity contribution in [2.24, 2.45) is 5.92 Å². The third-order valence-corrected chi connectivity index (χ3v) is 6.17. The molecule has 29 heavy (non-hydrogen) atoms. The summed E-state index contributed by atoms with van der Waals surface area (Å²) in [5.74, 6) is 0.299. The van der Waals surface area contributed by atoms with E-state index < -0.39 is 5.60 Å². The molecule has 0 aromatic rings. The van der Waals surface area contributed by atoms with Gasteiger partial charge in [0.1, 0.15) is 5.60 Å². The summed E-state index contributed by atoms with van der Waals surface area (Å²) >= 11 is 0. The molecule has 3 fully saturated rings. The molecule has 2 unspecified atom stereocenters. The van der Waals surface area contributed by atoms with Crippen LogP contribution in [0.15, 0.2) is 0 Å². The second-order valence-corrected chi connectivity index (χ2v) is 9.71. The van der Waals surface area contributed by atoms with Crippen LogP contribution in [0, 0.1) is 5.92 Å². The minimum Gasteiger partial charge on any atom is -0.444 e. The molecule has 3 saturated heterocycles. The van der Waals surface area contributed by atoms with Gasteiger partial charge in [0.2, 0.25) is 0 Å². The number of ether oxygens (including phenoxy) is 3. The van der Waals surface area contributed by atoms with Gasteiger partial charge >= 0.3 is 6.09 Å². The van der Waals surface area contributed by atoms with Crippen LogP contribution in [-0.4, -0.2) is 80.8 Å². The van der Waals surface area contributed by atoms with Gasteiger partial charge in [-0.05, 0) is 85.5 Å². The third-order valence-electron chi connectivity index (χ3n) is 6.17. The van der Waals surface area contributed by atoms with E-state index >= 15 is 0 Å². The van der Waals surface area contributed by atoms with Crippen LogP contribution in [0.3, 0.4) is 0 Å². The zero-order chi connectivity index (χ0) is 20.7. The van der Waals surface area contributed by atoms with Gasteiger partial charge in [-0.3, -0.25) is 0 Å². The topological polar surface area (TPSA) is 72.1 Å². The highest BCUT2D eigenvalue weighted by Gasteiger charge is 2.37. The number of carbonyl (C=O) groups excluding carboxylic acids is 1. The largest absolute Gasteiger partial charge is 0.444 e. The van der Waals surface area contributed by atoms with Gasteiger partial charge in [0, 0.05) is 12.5 Å². The first kappa shape index (κ1) is 22.8. The summed E-state index contributed by atoms with van der Waals surface area (Å²) in [5.41, 5.74) is -0.490. The Morgan fingerprint density at radius 3 is 2.00 bits per heavy atom. The van der Waals surface area contributed by atoms with Crippen LogP contribution < -0.4 is 10.6 Å². The van der Waals surface area contributed by atoms with Gasteiger partial charge < -0.3 is 29.7 Å². The van der Waals surface area contributed by atoms with Crippen LogP contribution in [0.2, 0.25) is 0 Å². The molecule has 3 aliphatic heterocycles. The Labute approximate surface area is 176 Å². The molecule has 0 bridgehead atoms. The molecular formula is C22H41N3O4. The Kier molecular flexibility index (Phi) is 8.59. The summed E-state index contributed by atoms with van der Waals surface area (Å²) in [6, 6.07) is 0.0233. The molecule has 3 rings (SSSR count). The highest BCUT2D eigenvalue weighted by Crippen LogP contribution is 2.28. The molecule has 168 valence electrons. The number of carbonyl (C=O) groups is 1. The second-order valence-electron chi connectivity index (χ2n) is 9.71. The molecule has 0 aliphatic carbocycles. The first-order valence-corrected chi connectivity index (χ1v) is 11.6. The fraction of sp³-hybridized carbons (Fsp3) is 0.955. The number of nitrogens with zero attached hydrogens (tertiary/aromatic N) is 1. The van der Waals surface area contributed by atoms with Crippen LogP contribution >= 0.6 is 0 Å². The number of piperidine rings is 3. The highest BCUT2D eigenvalue weighted by molar-refractivity contribution is 5.68. The van der Waals surface area contributed by atoms with E-state index in [1.165, 1.54) is 0 Å². The van der Waals surface area contributed by atoms with Gasteiger partial charge in [0.15, 0.2) is 0 Å². The number of amides is 1. The number of likely N-dealkylation sites (tertiary alicyclic amines) is 1. The van der Waals surface area contributed by atoms with E-state index in [1.54, 1.807) is 0 Å². The van der Waals surface area contributed by atoms with Crippen LogP contribution in [0.1, 0.15) is 59.3 Å². The summed E-state index contributed by atoms with van der Waals surface area (Å²) in [5, 5.41) is 6.77. The second kappa shape index (κ2) is 10.9. The quantitative estimate of drug-likeness (QED) is 0.700. The van der Waals surface area contributed by atoms with Crippen molar-refractivity contribution in [1.82, 2.24) is 15.5 Å². The van der Waals surface area contributed by atoms with E-state index in [1.807, 2.05) is 25.7 Å². The number of nitrogens with one attached hydrogen (secondary N) is 2.